The minimum absolute atomic E-state index is 0.220. The zero-order chi connectivity index (χ0) is 14.6. The van der Waals surface area contributed by atoms with Crippen molar-refractivity contribution in [1.82, 2.24) is 0 Å². The van der Waals surface area contributed by atoms with Gasteiger partial charge in [0, 0.05) is 5.69 Å². The molecule has 7 heteroatoms. The molecule has 0 aliphatic heterocycles. The van der Waals surface area contributed by atoms with Gasteiger partial charge in [-0.1, -0.05) is 6.07 Å². The maximum atomic E-state index is 11.1. The predicted molar refractivity (Wildman–Crippen MR) is 71.6 cm³/mol. The maximum Gasteiger partial charge on any atom is 0.305 e. The molecule has 0 amide bonds. The summed E-state index contributed by atoms with van der Waals surface area (Å²) in [5, 5.41) is 18.1. The van der Waals surface area contributed by atoms with Crippen LogP contribution in [0.4, 0.5) is 5.69 Å². The van der Waals surface area contributed by atoms with Crippen LogP contribution in [0, 0.1) is 6.92 Å². The lowest BCUT2D eigenvalue weighted by Crippen LogP contribution is -2.16. The molecule has 0 fully saturated rings. The van der Waals surface area contributed by atoms with Gasteiger partial charge < -0.3 is 10.2 Å². The zero-order valence-electron chi connectivity index (χ0n) is 10.8. The monoisotopic (exact) mass is 287 g/mol. The summed E-state index contributed by atoms with van der Waals surface area (Å²) in [4.78, 5) is 10.5. The molecule has 0 spiro atoms. The first-order valence-corrected chi connectivity index (χ1v) is 7.53. The number of rotatable bonds is 6. The summed E-state index contributed by atoms with van der Waals surface area (Å²) >= 11 is 0. The molecule has 0 aromatic heterocycles. The number of carboxylic acids is 1. The van der Waals surface area contributed by atoms with Gasteiger partial charge in [-0.2, -0.15) is 0 Å². The number of nitrogens with one attached hydrogen (secondary N) is 1. The first-order chi connectivity index (χ1) is 8.67. The van der Waals surface area contributed by atoms with Crippen LogP contribution < -0.4 is 4.72 Å². The van der Waals surface area contributed by atoms with Crippen LogP contribution in [0.1, 0.15) is 17.5 Å². The van der Waals surface area contributed by atoms with Crippen molar-refractivity contribution in [1.29, 1.82) is 0 Å². The number of hydrogen-bond acceptors (Lipinski definition) is 4. The Balaban J connectivity index is 2.80. The van der Waals surface area contributed by atoms with Crippen LogP contribution in [0.15, 0.2) is 18.2 Å². The number of aliphatic hydroxyl groups is 1. The van der Waals surface area contributed by atoms with E-state index in [0.717, 1.165) is 17.4 Å². The van der Waals surface area contributed by atoms with E-state index >= 15 is 0 Å². The Bertz CT molecular complexity index is 567. The summed E-state index contributed by atoms with van der Waals surface area (Å²) in [6.07, 6.45) is 0.0114. The van der Waals surface area contributed by atoms with E-state index in [1.165, 1.54) is 0 Å². The Morgan fingerprint density at radius 3 is 2.53 bits per heavy atom. The van der Waals surface area contributed by atoms with Crippen molar-refractivity contribution in [2.24, 2.45) is 0 Å². The number of benzene rings is 1. The van der Waals surface area contributed by atoms with Gasteiger partial charge in [0.2, 0.25) is 10.0 Å². The summed E-state index contributed by atoms with van der Waals surface area (Å²) in [5.74, 6) is -1.06. The summed E-state index contributed by atoms with van der Waals surface area (Å²) in [6, 6.07) is 4.90. The Labute approximate surface area is 112 Å². The molecule has 0 aliphatic carbocycles. The Morgan fingerprint density at radius 2 is 2.05 bits per heavy atom. The first-order valence-electron chi connectivity index (χ1n) is 5.64. The van der Waals surface area contributed by atoms with Gasteiger partial charge in [-0.25, -0.2) is 8.42 Å². The van der Waals surface area contributed by atoms with E-state index in [9.17, 15) is 18.3 Å². The largest absolute Gasteiger partial charge is 0.481 e. The molecule has 3 N–H and O–H groups in total. The fourth-order valence-electron chi connectivity index (χ4n) is 1.73. The lowest BCUT2D eigenvalue weighted by atomic mass is 10.0. The van der Waals surface area contributed by atoms with Crippen LogP contribution in [0.3, 0.4) is 0 Å². The molecule has 1 aromatic rings. The number of aliphatic carboxylic acids is 1. The Morgan fingerprint density at radius 1 is 1.42 bits per heavy atom. The Kier molecular flexibility index (Phi) is 4.90. The second kappa shape index (κ2) is 6.03. The van der Waals surface area contributed by atoms with Crippen molar-refractivity contribution in [3.05, 3.63) is 29.3 Å². The number of hydrogen-bond donors (Lipinski definition) is 3. The van der Waals surface area contributed by atoms with Gasteiger partial charge in [0.05, 0.1) is 18.8 Å². The molecule has 0 unspecified atom stereocenters. The second-order valence-electron chi connectivity index (χ2n) is 4.47. The fraction of sp³-hybridized carbons (Fsp3) is 0.417. The van der Waals surface area contributed by atoms with Gasteiger partial charge in [-0.05, 0) is 36.6 Å². The topological polar surface area (TPSA) is 104 Å². The molecule has 0 saturated carbocycles. The van der Waals surface area contributed by atoms with Crippen molar-refractivity contribution in [2.75, 3.05) is 11.0 Å². The van der Waals surface area contributed by atoms with Crippen LogP contribution in [0.2, 0.25) is 0 Å². The van der Waals surface area contributed by atoms with Crippen LogP contribution in [0.25, 0.3) is 0 Å². The van der Waals surface area contributed by atoms with Gasteiger partial charge in [0.25, 0.3) is 0 Å². The minimum atomic E-state index is -3.32. The van der Waals surface area contributed by atoms with Crippen LogP contribution in [-0.4, -0.2) is 37.0 Å². The first kappa shape index (κ1) is 15.5. The highest BCUT2D eigenvalue weighted by molar-refractivity contribution is 7.92. The summed E-state index contributed by atoms with van der Waals surface area (Å²) < 4.78 is 24.5. The molecule has 19 heavy (non-hydrogen) atoms. The molecule has 1 atom stereocenters. The van der Waals surface area contributed by atoms with Crippen molar-refractivity contribution >= 4 is 21.7 Å². The molecule has 0 radical (unpaired) electrons. The van der Waals surface area contributed by atoms with Gasteiger partial charge in [0.1, 0.15) is 0 Å². The molecule has 0 heterocycles. The SMILES string of the molecule is Cc1cc(NS(C)(=O)=O)ccc1C[C@H](O)CC(=O)O. The van der Waals surface area contributed by atoms with Crippen molar-refractivity contribution in [3.8, 4) is 0 Å². The number of anilines is 1. The van der Waals surface area contributed by atoms with E-state index in [1.54, 1.807) is 25.1 Å². The van der Waals surface area contributed by atoms with E-state index in [0.29, 0.717) is 5.69 Å². The van der Waals surface area contributed by atoms with E-state index in [-0.39, 0.29) is 12.8 Å². The molecule has 106 valence electrons. The second-order valence-corrected chi connectivity index (χ2v) is 6.22. The van der Waals surface area contributed by atoms with Gasteiger partial charge in [-0.15, -0.1) is 0 Å². The van der Waals surface area contributed by atoms with Crippen LogP contribution in [0.5, 0.6) is 0 Å². The highest BCUT2D eigenvalue weighted by Crippen LogP contribution is 2.18. The van der Waals surface area contributed by atoms with E-state index in [1.807, 2.05) is 0 Å². The summed E-state index contributed by atoms with van der Waals surface area (Å²) in [7, 11) is -3.32. The highest BCUT2D eigenvalue weighted by atomic mass is 32.2. The summed E-state index contributed by atoms with van der Waals surface area (Å²) in [6.45, 7) is 1.77. The van der Waals surface area contributed by atoms with E-state index in [4.69, 9.17) is 5.11 Å². The molecule has 6 nitrogen and oxygen atoms in total. The van der Waals surface area contributed by atoms with Gasteiger partial charge >= 0.3 is 5.97 Å². The van der Waals surface area contributed by atoms with Crippen molar-refractivity contribution < 1.29 is 23.4 Å². The maximum absolute atomic E-state index is 11.1. The number of aliphatic hydroxyl groups excluding tert-OH is 1. The highest BCUT2D eigenvalue weighted by Gasteiger charge is 2.12. The van der Waals surface area contributed by atoms with Crippen LogP contribution >= 0.6 is 0 Å². The molecule has 1 aromatic carbocycles. The standard InChI is InChI=1S/C12H17NO5S/c1-8-5-10(13-19(2,17)18)4-3-9(8)6-11(14)7-12(15)16/h3-5,11,13-14H,6-7H2,1-2H3,(H,15,16)/t11-/m0/s1. The predicted octanol–water partition coefficient (Wildman–Crippen LogP) is 0.745. The van der Waals surface area contributed by atoms with Crippen molar-refractivity contribution in [3.63, 3.8) is 0 Å². The van der Waals surface area contributed by atoms with Crippen molar-refractivity contribution in [2.45, 2.75) is 25.9 Å². The molecule has 1 rings (SSSR count). The smallest absolute Gasteiger partial charge is 0.305 e. The fourth-order valence-corrected chi connectivity index (χ4v) is 2.29. The Hall–Kier alpha value is -1.60. The molecule has 0 bridgehead atoms. The molecular weight excluding hydrogens is 270 g/mol. The average molecular weight is 287 g/mol. The van der Waals surface area contributed by atoms with Gasteiger partial charge in [-0.3, -0.25) is 9.52 Å². The minimum Gasteiger partial charge on any atom is -0.481 e. The lowest BCUT2D eigenvalue weighted by Gasteiger charge is -2.12. The molecule has 0 saturated heterocycles. The van der Waals surface area contributed by atoms with Crippen LogP contribution in [-0.2, 0) is 21.2 Å². The average Bonchev–Trinajstić information content (AvgIpc) is 2.18. The van der Waals surface area contributed by atoms with Gasteiger partial charge in [0.15, 0.2) is 0 Å². The third kappa shape index (κ3) is 5.71. The third-order valence-corrected chi connectivity index (χ3v) is 3.12. The molecular formula is C12H17NO5S. The summed E-state index contributed by atoms with van der Waals surface area (Å²) in [5.41, 5.74) is 2.02. The number of carboxylic acid groups (broad SMARTS) is 1. The number of carbonyl (C=O) groups is 1. The van der Waals surface area contributed by atoms with E-state index < -0.39 is 22.1 Å². The number of aryl methyl sites for hydroxylation is 1. The third-order valence-electron chi connectivity index (χ3n) is 2.51. The normalized spacial score (nSPS) is 13.0. The lowest BCUT2D eigenvalue weighted by molar-refractivity contribution is -0.139. The quantitative estimate of drug-likeness (QED) is 0.716. The molecule has 0 aliphatic rings. The zero-order valence-corrected chi connectivity index (χ0v) is 11.6. The number of sulfonamides is 1. The van der Waals surface area contributed by atoms with E-state index in [2.05, 4.69) is 4.72 Å².